The minimum Gasteiger partial charge on any atom is -0.276 e. The molecule has 51 heavy (non-hydrogen) atoms. The molecule has 0 saturated heterocycles. The van der Waals surface area contributed by atoms with Crippen molar-refractivity contribution < 1.29 is 8.22 Å². The van der Waals surface area contributed by atoms with E-state index in [1.165, 1.54) is 11.8 Å². The topological polar surface area (TPSA) is 60.9 Å². The van der Waals surface area contributed by atoms with Gasteiger partial charge in [0.05, 0.1) is 22.1 Å². The summed E-state index contributed by atoms with van der Waals surface area (Å²) in [5, 5.41) is 3.50. The molecule has 1 aliphatic rings. The second kappa shape index (κ2) is 11.5. The van der Waals surface area contributed by atoms with E-state index in [1.54, 1.807) is 24.5 Å². The molecule has 9 heteroatoms. The van der Waals surface area contributed by atoms with E-state index >= 15 is 0 Å². The van der Waals surface area contributed by atoms with Gasteiger partial charge in [-0.15, -0.1) is 0 Å². The standard InChI is InChI=1S/C42H32N6SSi2/c1-50(2)36-25-14-13-24-35(36)49-39-37(50)26-15-27-38(39)51(29-16-5-3-6-17-29,30-18-7-4-8-19-30)41-44-28-43-40(46-41)48-34-23-12-11-22-33(34)47-32-21-10-9-20-31(32)45-42(47)48/h3-28H,1-2H3/i1D3,2D3. The third-order valence-electron chi connectivity index (χ3n) is 9.94. The molecule has 0 N–H and O–H groups in total. The summed E-state index contributed by atoms with van der Waals surface area (Å²) >= 11 is 1.44. The summed E-state index contributed by atoms with van der Waals surface area (Å²) in [5.74, 6) is 1.03. The Kier molecular flexibility index (Phi) is 5.51. The molecule has 0 saturated carbocycles. The lowest BCUT2D eigenvalue weighted by Crippen LogP contribution is -2.77. The molecule has 0 unspecified atom stereocenters. The van der Waals surface area contributed by atoms with Crippen LogP contribution < -0.4 is 31.4 Å². The normalized spacial score (nSPS) is 16.0. The highest BCUT2D eigenvalue weighted by molar-refractivity contribution is 8.00. The highest BCUT2D eigenvalue weighted by Gasteiger charge is 2.49. The van der Waals surface area contributed by atoms with E-state index in [9.17, 15) is 0 Å². The highest BCUT2D eigenvalue weighted by atomic mass is 32.2. The molecule has 6 nitrogen and oxygen atoms in total. The number of nitrogens with zero attached hydrogens (tertiary/aromatic N) is 6. The van der Waals surface area contributed by atoms with Crippen molar-refractivity contribution in [1.29, 1.82) is 0 Å². The third-order valence-corrected chi connectivity index (χ3v) is 18.7. The number of rotatable bonds is 5. The predicted octanol–water partition coefficient (Wildman–Crippen LogP) is 5.28. The maximum atomic E-state index is 9.08. The van der Waals surface area contributed by atoms with E-state index < -0.39 is 29.1 Å². The van der Waals surface area contributed by atoms with Crippen LogP contribution in [-0.4, -0.2) is 45.1 Å². The number of hydrogen-bond donors (Lipinski definition) is 0. The first-order valence-electron chi connectivity index (χ1n) is 19.7. The zero-order valence-electron chi connectivity index (χ0n) is 33.1. The van der Waals surface area contributed by atoms with Crippen molar-refractivity contribution in [2.24, 2.45) is 0 Å². The van der Waals surface area contributed by atoms with Crippen LogP contribution in [-0.2, 0) is 0 Å². The van der Waals surface area contributed by atoms with Gasteiger partial charge in [-0.3, -0.25) is 4.40 Å². The van der Waals surface area contributed by atoms with Crippen molar-refractivity contribution >= 4 is 87.1 Å². The second-order valence-electron chi connectivity index (χ2n) is 12.7. The van der Waals surface area contributed by atoms with Gasteiger partial charge in [0.25, 0.3) is 0 Å². The van der Waals surface area contributed by atoms with Crippen LogP contribution in [0.5, 0.6) is 0 Å². The van der Waals surface area contributed by atoms with Gasteiger partial charge in [0.15, 0.2) is 0 Å². The summed E-state index contributed by atoms with van der Waals surface area (Å²) in [6.45, 7) is -5.61. The van der Waals surface area contributed by atoms with Crippen molar-refractivity contribution in [2.45, 2.75) is 22.7 Å². The molecule has 1 aliphatic heterocycles. The Morgan fingerprint density at radius 1 is 0.608 bits per heavy atom. The molecule has 0 spiro atoms. The van der Waals surface area contributed by atoms with Crippen molar-refractivity contribution in [1.82, 2.24) is 28.9 Å². The van der Waals surface area contributed by atoms with Crippen molar-refractivity contribution in [2.75, 3.05) is 0 Å². The Balaban J connectivity index is 1.34. The number of imidazole rings is 2. The van der Waals surface area contributed by atoms with Crippen LogP contribution in [0.4, 0.5) is 0 Å². The minimum atomic E-state index is -4.54. The van der Waals surface area contributed by atoms with Crippen molar-refractivity contribution in [3.8, 4) is 5.95 Å². The van der Waals surface area contributed by atoms with Crippen LogP contribution >= 0.6 is 11.8 Å². The summed E-state index contributed by atoms with van der Waals surface area (Å²) in [5.41, 5.74) is 4.12. The molecular weight excluding hydrogens is 677 g/mol. The Bertz CT molecular complexity index is 2950. The highest BCUT2D eigenvalue weighted by Crippen LogP contribution is 2.33. The molecule has 244 valence electrons. The van der Waals surface area contributed by atoms with Crippen molar-refractivity contribution in [3.05, 3.63) is 158 Å². The van der Waals surface area contributed by atoms with E-state index in [2.05, 4.69) is 34.7 Å². The first kappa shape index (κ1) is 24.5. The Morgan fingerprint density at radius 3 is 2.02 bits per heavy atom. The van der Waals surface area contributed by atoms with Gasteiger partial charge in [0.1, 0.15) is 19.8 Å². The van der Waals surface area contributed by atoms with Gasteiger partial charge in [-0.25, -0.2) is 24.5 Å². The van der Waals surface area contributed by atoms with E-state index in [0.717, 1.165) is 37.6 Å². The van der Waals surface area contributed by atoms with Crippen LogP contribution in [0.15, 0.2) is 168 Å². The minimum absolute atomic E-state index is 0.377. The first-order chi connectivity index (χ1) is 27.6. The van der Waals surface area contributed by atoms with Gasteiger partial charge >= 0.3 is 0 Å². The lowest BCUT2D eigenvalue weighted by molar-refractivity contribution is 0.942. The predicted molar refractivity (Wildman–Crippen MR) is 214 cm³/mol. The number of fused-ring (bicyclic) bond motifs is 7. The summed E-state index contributed by atoms with van der Waals surface area (Å²) < 4.78 is 58.6. The number of hydrogen-bond acceptors (Lipinski definition) is 5. The average molecular weight is 715 g/mol. The summed E-state index contributed by atoms with van der Waals surface area (Å²) in [4.78, 5) is 21.7. The van der Waals surface area contributed by atoms with Gasteiger partial charge in [0, 0.05) is 18.0 Å². The van der Waals surface area contributed by atoms with E-state index in [0.29, 0.717) is 37.3 Å². The second-order valence-corrected chi connectivity index (χ2v) is 20.0. The quantitative estimate of drug-likeness (QED) is 0.180. The number of aromatic nitrogens is 6. The van der Waals surface area contributed by atoms with Gasteiger partial charge in [-0.1, -0.05) is 146 Å². The Morgan fingerprint density at radius 2 is 1.25 bits per heavy atom. The van der Waals surface area contributed by atoms with Gasteiger partial charge in [-0.2, -0.15) is 0 Å². The maximum Gasteiger partial charge on any atom is 0.239 e. The summed E-state index contributed by atoms with van der Waals surface area (Å²) in [6.07, 6.45) is 1.54. The zero-order valence-corrected chi connectivity index (χ0v) is 29.9. The molecule has 0 aliphatic carbocycles. The number of para-hydroxylation sites is 4. The first-order valence-corrected chi connectivity index (χ1v) is 21.5. The smallest absolute Gasteiger partial charge is 0.239 e. The fourth-order valence-electron chi connectivity index (χ4n) is 7.71. The molecule has 0 radical (unpaired) electrons. The van der Waals surface area contributed by atoms with Crippen LogP contribution in [0.2, 0.25) is 13.0 Å². The summed E-state index contributed by atoms with van der Waals surface area (Å²) in [6, 6.07) is 49.0. The molecule has 10 rings (SSSR count). The molecular formula is C42H32N6SSi2. The van der Waals surface area contributed by atoms with Gasteiger partial charge < -0.3 is 0 Å². The number of benzene rings is 6. The monoisotopic (exact) mass is 714 g/mol. The van der Waals surface area contributed by atoms with Crippen LogP contribution in [0.3, 0.4) is 0 Å². The average Bonchev–Trinajstić information content (AvgIpc) is 3.75. The Labute approximate surface area is 310 Å². The molecule has 3 aromatic heterocycles. The lowest BCUT2D eigenvalue weighted by atomic mass is 10.3. The van der Waals surface area contributed by atoms with Crippen LogP contribution in [0.25, 0.3) is 33.8 Å². The molecule has 6 aromatic carbocycles. The third kappa shape index (κ3) is 4.35. The summed E-state index contributed by atoms with van der Waals surface area (Å²) in [7, 11) is -8.20. The molecule has 0 fully saturated rings. The van der Waals surface area contributed by atoms with Crippen LogP contribution in [0, 0.1) is 0 Å². The Hall–Kier alpha value is -5.62. The fourth-order valence-corrected chi connectivity index (χ4v) is 16.9. The molecule has 0 amide bonds. The molecule has 4 heterocycles. The van der Waals surface area contributed by atoms with Crippen molar-refractivity contribution in [3.63, 3.8) is 0 Å². The fraction of sp³-hybridized carbons (Fsp3) is 0.0476. The molecule has 9 aromatic rings. The zero-order chi connectivity index (χ0) is 39.2. The van der Waals surface area contributed by atoms with E-state index in [1.807, 2.05) is 108 Å². The maximum absolute atomic E-state index is 9.08. The van der Waals surface area contributed by atoms with E-state index in [4.69, 9.17) is 28.2 Å². The van der Waals surface area contributed by atoms with Gasteiger partial charge in [-0.05, 0) is 56.3 Å². The molecule has 0 bridgehead atoms. The molecule has 0 atom stereocenters. The SMILES string of the molecule is [2H]C([2H])([2H])[Si]1(C([2H])([2H])[2H])c2ccccc2Sc2c([Si](c3ccccc3)(c3ccccc3)c3ncnc(-n4c5ccccc5n5c6ccccc6nc45)n3)cccc21. The van der Waals surface area contributed by atoms with E-state index in [-0.39, 0.29) is 0 Å². The largest absolute Gasteiger partial charge is 0.276 e. The lowest BCUT2D eigenvalue weighted by Gasteiger charge is -2.38. The van der Waals surface area contributed by atoms with Gasteiger partial charge in [0.2, 0.25) is 19.8 Å². The van der Waals surface area contributed by atoms with Crippen LogP contribution in [0.1, 0.15) is 8.22 Å².